The molecule has 0 unspecified atom stereocenters. The molecule has 3 heterocycles. The van der Waals surface area contributed by atoms with Crippen molar-refractivity contribution < 1.29 is 24.9 Å². The van der Waals surface area contributed by atoms with Gasteiger partial charge in [-0.3, -0.25) is 14.3 Å². The minimum atomic E-state index is -1.25. The van der Waals surface area contributed by atoms with E-state index in [9.17, 15) is 15.0 Å². The predicted molar refractivity (Wildman–Crippen MR) is 137 cm³/mol. The van der Waals surface area contributed by atoms with Crippen molar-refractivity contribution in [2.24, 2.45) is 5.73 Å². The van der Waals surface area contributed by atoms with Crippen molar-refractivity contribution in [2.45, 2.75) is 43.4 Å². The Kier molecular flexibility index (Phi) is 8.62. The van der Waals surface area contributed by atoms with E-state index in [1.165, 1.54) is 17.2 Å². The second kappa shape index (κ2) is 12.1. The van der Waals surface area contributed by atoms with E-state index in [0.29, 0.717) is 36.2 Å². The van der Waals surface area contributed by atoms with Crippen LogP contribution < -0.4 is 11.5 Å². The molecule has 1 aliphatic rings. The quantitative estimate of drug-likeness (QED) is 0.227. The second-order valence-corrected chi connectivity index (χ2v) is 9.11. The number of imidazole rings is 1. The summed E-state index contributed by atoms with van der Waals surface area (Å²) in [4.78, 5) is 25.4. The number of nitriles is 1. The highest BCUT2D eigenvalue weighted by atomic mass is 16.6. The minimum absolute atomic E-state index is 0.193. The number of benzene rings is 1. The first kappa shape index (κ1) is 27.1. The lowest BCUT2D eigenvalue weighted by Gasteiger charge is -2.26. The van der Waals surface area contributed by atoms with Gasteiger partial charge in [-0.05, 0) is 37.1 Å². The fourth-order valence-electron chi connectivity index (χ4n) is 4.34. The van der Waals surface area contributed by atoms with Crippen LogP contribution in [-0.2, 0) is 9.53 Å². The summed E-state index contributed by atoms with van der Waals surface area (Å²) in [5.74, 6) is -0.868. The van der Waals surface area contributed by atoms with Crippen LogP contribution in [0, 0.1) is 11.3 Å². The van der Waals surface area contributed by atoms with E-state index in [4.69, 9.17) is 26.6 Å². The monoisotopic (exact) mass is 522 g/mol. The number of nitrogens with zero attached hydrogens (tertiary/aromatic N) is 6. The molecular weight excluding hydrogens is 492 g/mol. The van der Waals surface area contributed by atoms with Crippen molar-refractivity contribution >= 4 is 29.0 Å². The molecule has 13 nitrogen and oxygen atoms in total. The number of aliphatic hydroxyl groups is 2. The van der Waals surface area contributed by atoms with E-state index < -0.39 is 36.6 Å². The smallest absolute Gasteiger partial charge is 0.320 e. The van der Waals surface area contributed by atoms with Gasteiger partial charge in [-0.2, -0.15) is 5.26 Å². The fourth-order valence-corrected chi connectivity index (χ4v) is 4.34. The first-order chi connectivity index (χ1) is 18.3. The van der Waals surface area contributed by atoms with Crippen LogP contribution in [0.25, 0.3) is 17.2 Å². The van der Waals surface area contributed by atoms with Crippen molar-refractivity contribution in [2.75, 3.05) is 25.4 Å². The van der Waals surface area contributed by atoms with Crippen molar-refractivity contribution in [3.8, 4) is 6.07 Å². The fraction of sp³-hybridized carbons (Fsp3) is 0.400. The van der Waals surface area contributed by atoms with Crippen LogP contribution in [0.1, 0.15) is 30.2 Å². The molecule has 1 aliphatic heterocycles. The summed E-state index contributed by atoms with van der Waals surface area (Å²) in [7, 11) is 0. The number of carboxylic acids is 1. The summed E-state index contributed by atoms with van der Waals surface area (Å²) < 4.78 is 7.59. The topological polar surface area (TPSA) is 210 Å². The molecule has 200 valence electrons. The molecule has 5 atom stereocenters. The maximum Gasteiger partial charge on any atom is 0.320 e. The Morgan fingerprint density at radius 3 is 2.71 bits per heavy atom. The Balaban J connectivity index is 1.46. The third kappa shape index (κ3) is 6.13. The molecule has 0 amide bonds. The van der Waals surface area contributed by atoms with Gasteiger partial charge >= 0.3 is 5.97 Å². The number of nitrogen functional groups attached to an aromatic ring is 1. The van der Waals surface area contributed by atoms with Crippen LogP contribution in [0.3, 0.4) is 0 Å². The van der Waals surface area contributed by atoms with Gasteiger partial charge in [-0.1, -0.05) is 24.3 Å². The Bertz CT molecular complexity index is 1320. The number of ether oxygens (including phenoxy) is 1. The highest BCUT2D eigenvalue weighted by Crippen LogP contribution is 2.32. The molecule has 0 spiro atoms. The Labute approximate surface area is 218 Å². The molecule has 0 radical (unpaired) electrons. The molecular formula is C25H30N8O5. The molecule has 38 heavy (non-hydrogen) atoms. The highest BCUT2D eigenvalue weighted by molar-refractivity contribution is 5.81. The maximum absolute atomic E-state index is 11.1. The third-order valence-electron chi connectivity index (χ3n) is 6.46. The lowest BCUT2D eigenvalue weighted by Crippen LogP contribution is -2.41. The van der Waals surface area contributed by atoms with Crippen molar-refractivity contribution in [1.82, 2.24) is 24.4 Å². The standard InChI is InChI=1S/C25H30N8O5/c26-11-16-7-5-15(6-8-16)3-1-9-32(10-2-4-17(27)25(36)37)12-18-20(34)21(35)24(38-18)33-14-31-19-22(28)29-13-30-23(19)33/h1,3,5-8,13-14,17-18,20-21,24,34-35H,2,4,9-10,12,27H2,(H,36,37)(H2,28,29,30)/b3-1+/t17-,18+,20+,21+,24+/m0/s1. The number of carboxylic acid groups (broad SMARTS) is 1. The molecule has 0 aliphatic carbocycles. The molecule has 0 bridgehead atoms. The van der Waals surface area contributed by atoms with Crippen LogP contribution >= 0.6 is 0 Å². The van der Waals surface area contributed by atoms with E-state index in [2.05, 4.69) is 21.0 Å². The number of aromatic nitrogens is 4. The normalized spacial score (nSPS) is 22.3. The van der Waals surface area contributed by atoms with Crippen molar-refractivity contribution in [3.05, 3.63) is 54.1 Å². The number of aliphatic carboxylic acids is 1. The highest BCUT2D eigenvalue weighted by Gasteiger charge is 2.44. The first-order valence-electron chi connectivity index (χ1n) is 12.1. The number of nitrogens with two attached hydrogens (primary N) is 2. The SMILES string of the molecule is N#Cc1ccc(/C=C/CN(CCC[C@H](N)C(=O)O)C[C@H]2O[C@@H](n3cnc4c(N)ncnc43)[C@H](O)[C@@H]2O)cc1. The second-order valence-electron chi connectivity index (χ2n) is 9.11. The lowest BCUT2D eigenvalue weighted by atomic mass is 10.1. The van der Waals surface area contributed by atoms with E-state index in [1.807, 2.05) is 29.2 Å². The molecule has 1 aromatic carbocycles. The van der Waals surface area contributed by atoms with E-state index in [1.54, 1.807) is 12.1 Å². The number of anilines is 1. The molecule has 0 saturated carbocycles. The average molecular weight is 523 g/mol. The van der Waals surface area contributed by atoms with Gasteiger partial charge in [0.15, 0.2) is 17.7 Å². The molecule has 4 rings (SSSR count). The molecule has 2 aromatic heterocycles. The lowest BCUT2D eigenvalue weighted by molar-refractivity contribution is -0.138. The Morgan fingerprint density at radius 1 is 1.24 bits per heavy atom. The molecule has 13 heteroatoms. The molecule has 3 aromatic rings. The van der Waals surface area contributed by atoms with Gasteiger partial charge in [0.1, 0.15) is 36.2 Å². The molecule has 1 fully saturated rings. The van der Waals surface area contributed by atoms with Crippen molar-refractivity contribution in [1.29, 1.82) is 5.26 Å². The number of carbonyl (C=O) groups is 1. The first-order valence-corrected chi connectivity index (χ1v) is 12.1. The zero-order valence-electron chi connectivity index (χ0n) is 20.5. The van der Waals surface area contributed by atoms with Gasteiger partial charge in [0, 0.05) is 13.1 Å². The minimum Gasteiger partial charge on any atom is -0.480 e. The Morgan fingerprint density at radius 2 is 2.00 bits per heavy atom. The predicted octanol–water partition coefficient (Wildman–Crippen LogP) is 0.107. The number of hydrogen-bond donors (Lipinski definition) is 5. The van der Waals surface area contributed by atoms with Gasteiger partial charge in [-0.25, -0.2) is 15.0 Å². The summed E-state index contributed by atoms with van der Waals surface area (Å²) in [6.45, 7) is 1.22. The van der Waals surface area contributed by atoms with Crippen LogP contribution in [0.15, 0.2) is 43.0 Å². The van der Waals surface area contributed by atoms with Crippen LogP contribution in [0.5, 0.6) is 0 Å². The van der Waals surface area contributed by atoms with Crippen molar-refractivity contribution in [3.63, 3.8) is 0 Å². The maximum atomic E-state index is 11.1. The largest absolute Gasteiger partial charge is 0.480 e. The van der Waals surface area contributed by atoms with Crippen LogP contribution in [0.2, 0.25) is 0 Å². The average Bonchev–Trinajstić information content (AvgIpc) is 3.46. The van der Waals surface area contributed by atoms with E-state index in [-0.39, 0.29) is 18.8 Å². The van der Waals surface area contributed by atoms with Gasteiger partial charge in [0.2, 0.25) is 0 Å². The van der Waals surface area contributed by atoms with E-state index in [0.717, 1.165) is 5.56 Å². The molecule has 7 N–H and O–H groups in total. The number of rotatable bonds is 11. The van der Waals surface area contributed by atoms with Gasteiger partial charge in [-0.15, -0.1) is 0 Å². The van der Waals surface area contributed by atoms with Gasteiger partial charge in [0.25, 0.3) is 0 Å². The Hall–Kier alpha value is -3.93. The van der Waals surface area contributed by atoms with Crippen LogP contribution in [0.4, 0.5) is 5.82 Å². The van der Waals surface area contributed by atoms with Gasteiger partial charge in [0.05, 0.1) is 18.0 Å². The summed E-state index contributed by atoms with van der Waals surface area (Å²) in [6.07, 6.45) is 3.22. The molecule has 1 saturated heterocycles. The number of hydrogen-bond acceptors (Lipinski definition) is 11. The number of aliphatic hydroxyl groups excluding tert-OH is 2. The summed E-state index contributed by atoms with van der Waals surface area (Å²) >= 11 is 0. The van der Waals surface area contributed by atoms with Crippen LogP contribution in [-0.4, -0.2) is 89.7 Å². The van der Waals surface area contributed by atoms with E-state index >= 15 is 0 Å². The summed E-state index contributed by atoms with van der Waals surface area (Å²) in [5, 5.41) is 39.6. The number of fused-ring (bicyclic) bond motifs is 1. The summed E-state index contributed by atoms with van der Waals surface area (Å²) in [5.41, 5.74) is 13.7. The zero-order valence-corrected chi connectivity index (χ0v) is 20.5. The zero-order chi connectivity index (χ0) is 27.2. The summed E-state index contributed by atoms with van der Waals surface area (Å²) in [6, 6.07) is 8.25. The third-order valence-corrected chi connectivity index (χ3v) is 6.46. The van der Waals surface area contributed by atoms with Gasteiger partial charge < -0.3 is 31.5 Å².